The van der Waals surface area contributed by atoms with Crippen molar-refractivity contribution in [2.75, 3.05) is 11.9 Å². The van der Waals surface area contributed by atoms with Crippen LogP contribution in [0.25, 0.3) is 0 Å². The van der Waals surface area contributed by atoms with Gasteiger partial charge in [0.05, 0.1) is 25.3 Å². The van der Waals surface area contributed by atoms with Crippen LogP contribution in [0.4, 0.5) is 23.5 Å². The quantitative estimate of drug-likeness (QED) is 0.611. The standard InChI is InChI=1S/C19H16F4N4O2S/c20-12-3-1-11(2-4-12)15-7-13(9-29-15)25-17-24-10-27(18(28)26-17)8-14-5-6-16(30-14)19(21,22)23/h1-6,10,13,15H,7-9H2,(H,25,26,28). The second-order valence-electron chi connectivity index (χ2n) is 6.80. The van der Waals surface area contributed by atoms with Crippen molar-refractivity contribution in [1.82, 2.24) is 14.5 Å². The molecule has 1 aliphatic heterocycles. The fourth-order valence-corrected chi connectivity index (χ4v) is 4.01. The summed E-state index contributed by atoms with van der Waals surface area (Å²) in [5.74, 6) is -0.204. The van der Waals surface area contributed by atoms with Crippen molar-refractivity contribution < 1.29 is 22.3 Å². The molecule has 4 rings (SSSR count). The summed E-state index contributed by atoms with van der Waals surface area (Å²) < 4.78 is 58.0. The number of benzene rings is 1. The number of aromatic nitrogens is 3. The molecule has 0 bridgehead atoms. The van der Waals surface area contributed by atoms with E-state index in [9.17, 15) is 22.4 Å². The molecule has 2 aromatic heterocycles. The predicted molar refractivity (Wildman–Crippen MR) is 102 cm³/mol. The van der Waals surface area contributed by atoms with E-state index in [0.29, 0.717) is 29.2 Å². The van der Waals surface area contributed by atoms with E-state index < -0.39 is 16.7 Å². The maximum absolute atomic E-state index is 13.0. The minimum absolute atomic E-state index is 0.0426. The molecule has 158 valence electrons. The summed E-state index contributed by atoms with van der Waals surface area (Å²) in [6.07, 6.45) is -2.77. The molecule has 0 saturated carbocycles. The molecule has 0 aliphatic carbocycles. The second-order valence-corrected chi connectivity index (χ2v) is 7.97. The SMILES string of the molecule is O=c1nc(NC2COC(c3ccc(F)cc3)C2)ncn1Cc1ccc(C(F)(F)F)s1. The molecule has 11 heteroatoms. The van der Waals surface area contributed by atoms with Crippen molar-refractivity contribution in [2.24, 2.45) is 0 Å². The average Bonchev–Trinajstić information content (AvgIpc) is 3.34. The van der Waals surface area contributed by atoms with Crippen LogP contribution in [0.1, 0.15) is 27.8 Å². The molecule has 2 unspecified atom stereocenters. The molecule has 1 aliphatic rings. The Labute approximate surface area is 172 Å². The van der Waals surface area contributed by atoms with Crippen LogP contribution in [0.5, 0.6) is 0 Å². The van der Waals surface area contributed by atoms with Crippen molar-refractivity contribution in [3.63, 3.8) is 0 Å². The number of ether oxygens (including phenoxy) is 1. The van der Waals surface area contributed by atoms with Crippen LogP contribution in [-0.4, -0.2) is 27.2 Å². The van der Waals surface area contributed by atoms with Gasteiger partial charge in [-0.2, -0.15) is 18.2 Å². The number of anilines is 1. The smallest absolute Gasteiger partial charge is 0.371 e. The molecule has 3 heterocycles. The first-order valence-electron chi connectivity index (χ1n) is 9.01. The van der Waals surface area contributed by atoms with E-state index in [1.165, 1.54) is 24.5 Å². The summed E-state index contributed by atoms with van der Waals surface area (Å²) in [6.45, 7) is 0.322. The lowest BCUT2D eigenvalue weighted by molar-refractivity contribution is -0.134. The second kappa shape index (κ2) is 8.15. The molecule has 1 N–H and O–H groups in total. The van der Waals surface area contributed by atoms with Crippen LogP contribution in [0, 0.1) is 5.82 Å². The summed E-state index contributed by atoms with van der Waals surface area (Å²) in [4.78, 5) is 19.8. The lowest BCUT2D eigenvalue weighted by Gasteiger charge is -2.12. The first-order chi connectivity index (χ1) is 14.3. The molecule has 1 aromatic carbocycles. The van der Waals surface area contributed by atoms with Gasteiger partial charge in [0, 0.05) is 11.3 Å². The highest BCUT2D eigenvalue weighted by molar-refractivity contribution is 7.12. The number of rotatable bonds is 5. The van der Waals surface area contributed by atoms with Gasteiger partial charge in [0.2, 0.25) is 5.95 Å². The molecular formula is C19H16F4N4O2S. The van der Waals surface area contributed by atoms with E-state index in [-0.39, 0.29) is 30.5 Å². The fraction of sp³-hybridized carbons (Fsp3) is 0.316. The van der Waals surface area contributed by atoms with E-state index in [1.807, 2.05) is 0 Å². The van der Waals surface area contributed by atoms with Gasteiger partial charge in [-0.1, -0.05) is 12.1 Å². The van der Waals surface area contributed by atoms with Crippen LogP contribution in [0.3, 0.4) is 0 Å². The van der Waals surface area contributed by atoms with E-state index in [2.05, 4.69) is 15.3 Å². The summed E-state index contributed by atoms with van der Waals surface area (Å²) in [5, 5.41) is 3.03. The average molecular weight is 440 g/mol. The van der Waals surface area contributed by atoms with Crippen molar-refractivity contribution >= 4 is 17.3 Å². The molecule has 0 amide bonds. The highest BCUT2D eigenvalue weighted by atomic mass is 32.1. The number of halogens is 4. The predicted octanol–water partition coefficient (Wildman–Crippen LogP) is 3.85. The Kier molecular flexibility index (Phi) is 5.56. The molecule has 1 fully saturated rings. The van der Waals surface area contributed by atoms with E-state index in [0.717, 1.165) is 16.2 Å². The van der Waals surface area contributed by atoms with E-state index in [4.69, 9.17) is 4.74 Å². The van der Waals surface area contributed by atoms with Gasteiger partial charge in [-0.25, -0.2) is 14.2 Å². The zero-order chi connectivity index (χ0) is 21.3. The van der Waals surface area contributed by atoms with Gasteiger partial charge in [0.25, 0.3) is 0 Å². The maximum Gasteiger partial charge on any atom is 0.425 e. The van der Waals surface area contributed by atoms with Gasteiger partial charge >= 0.3 is 11.9 Å². The third-order valence-electron chi connectivity index (χ3n) is 4.61. The normalized spacial score (nSPS) is 19.2. The van der Waals surface area contributed by atoms with Crippen LogP contribution in [0.2, 0.25) is 0 Å². The Morgan fingerprint density at radius 1 is 1.20 bits per heavy atom. The fourth-order valence-electron chi connectivity index (χ4n) is 3.14. The first-order valence-corrected chi connectivity index (χ1v) is 9.82. The topological polar surface area (TPSA) is 69.0 Å². The van der Waals surface area contributed by atoms with E-state index in [1.54, 1.807) is 12.1 Å². The molecule has 6 nitrogen and oxygen atoms in total. The number of alkyl halides is 3. The van der Waals surface area contributed by atoms with Crippen LogP contribution in [0.15, 0.2) is 47.5 Å². The summed E-state index contributed by atoms with van der Waals surface area (Å²) in [7, 11) is 0. The van der Waals surface area contributed by atoms with Crippen LogP contribution < -0.4 is 11.0 Å². The van der Waals surface area contributed by atoms with Crippen LogP contribution >= 0.6 is 11.3 Å². The molecule has 30 heavy (non-hydrogen) atoms. The van der Waals surface area contributed by atoms with Gasteiger partial charge in [0.1, 0.15) is 17.0 Å². The summed E-state index contributed by atoms with van der Waals surface area (Å²) in [5.41, 5.74) is 0.231. The van der Waals surface area contributed by atoms with Gasteiger partial charge < -0.3 is 10.1 Å². The monoisotopic (exact) mass is 440 g/mol. The molecule has 1 saturated heterocycles. The molecule has 2 atom stereocenters. The van der Waals surface area contributed by atoms with Crippen molar-refractivity contribution in [2.45, 2.75) is 31.3 Å². The Hall–Kier alpha value is -2.79. The molecule has 0 radical (unpaired) electrons. The van der Waals surface area contributed by atoms with Gasteiger partial charge in [0.15, 0.2) is 0 Å². The van der Waals surface area contributed by atoms with Crippen LogP contribution in [-0.2, 0) is 17.5 Å². The largest absolute Gasteiger partial charge is 0.425 e. The van der Waals surface area contributed by atoms with Gasteiger partial charge in [-0.3, -0.25) is 4.57 Å². The van der Waals surface area contributed by atoms with Crippen molar-refractivity contribution in [3.8, 4) is 0 Å². The Morgan fingerprint density at radius 3 is 2.63 bits per heavy atom. The Bertz CT molecular complexity index is 1080. The third-order valence-corrected chi connectivity index (χ3v) is 5.72. The summed E-state index contributed by atoms with van der Waals surface area (Å²) >= 11 is 0.577. The minimum Gasteiger partial charge on any atom is -0.371 e. The lowest BCUT2D eigenvalue weighted by Crippen LogP contribution is -2.28. The maximum atomic E-state index is 13.0. The molecule has 3 aromatic rings. The van der Waals surface area contributed by atoms with Gasteiger partial charge in [-0.15, -0.1) is 11.3 Å². The van der Waals surface area contributed by atoms with Crippen molar-refractivity contribution in [3.05, 3.63) is 74.3 Å². The minimum atomic E-state index is -4.41. The zero-order valence-electron chi connectivity index (χ0n) is 15.4. The van der Waals surface area contributed by atoms with Gasteiger partial charge in [-0.05, 0) is 29.8 Å². The molecule has 0 spiro atoms. The molecular weight excluding hydrogens is 424 g/mol. The Morgan fingerprint density at radius 2 is 1.97 bits per heavy atom. The number of nitrogens with one attached hydrogen (secondary N) is 1. The first kappa shape index (κ1) is 20.5. The Balaban J connectivity index is 1.38. The number of hydrogen-bond acceptors (Lipinski definition) is 6. The summed E-state index contributed by atoms with van der Waals surface area (Å²) in [6, 6.07) is 8.24. The number of nitrogens with zero attached hydrogens (tertiary/aromatic N) is 3. The zero-order valence-corrected chi connectivity index (χ0v) is 16.2. The number of hydrogen-bond donors (Lipinski definition) is 1. The van der Waals surface area contributed by atoms with Crippen molar-refractivity contribution in [1.29, 1.82) is 0 Å². The number of thiophene rings is 1. The highest BCUT2D eigenvalue weighted by Crippen LogP contribution is 2.34. The highest BCUT2D eigenvalue weighted by Gasteiger charge is 2.32. The van der Waals surface area contributed by atoms with E-state index >= 15 is 0 Å². The lowest BCUT2D eigenvalue weighted by atomic mass is 10.1. The third kappa shape index (κ3) is 4.68.